The predicted molar refractivity (Wildman–Crippen MR) is 58.1 cm³/mol. The number of carbonyl (C=O) groups is 2. The molecule has 1 heterocycles. The highest BCUT2D eigenvalue weighted by Crippen LogP contribution is 2.27. The molecule has 0 fully saturated rings. The van der Waals surface area contributed by atoms with Crippen molar-refractivity contribution in [3.8, 4) is 0 Å². The molecule has 5 nitrogen and oxygen atoms in total. The summed E-state index contributed by atoms with van der Waals surface area (Å²) < 4.78 is 0.683. The van der Waals surface area contributed by atoms with Crippen molar-refractivity contribution in [2.75, 3.05) is 5.75 Å². The lowest BCUT2D eigenvalue weighted by Crippen LogP contribution is -2.12. The molecule has 0 saturated carbocycles. The lowest BCUT2D eigenvalue weighted by atomic mass is 10.3. The van der Waals surface area contributed by atoms with E-state index < -0.39 is 11.9 Å². The third-order valence-electron chi connectivity index (χ3n) is 1.52. The zero-order chi connectivity index (χ0) is 11.4. The largest absolute Gasteiger partial charge is 0.481 e. The molecule has 0 spiro atoms. The van der Waals surface area contributed by atoms with Gasteiger partial charge in [-0.3, -0.25) is 9.59 Å². The van der Waals surface area contributed by atoms with Crippen molar-refractivity contribution < 1.29 is 14.7 Å². The standard InChI is InChI=1S/C8H10N2O3S2/c1-4-5(2-7(12)13)15-8(10-4)14-3-6(9)11/h2-3H2,1H3,(H2,9,11)(H,12,13). The predicted octanol–water partition coefficient (Wildman–Crippen LogP) is 0.656. The SMILES string of the molecule is Cc1nc(SCC(N)=O)sc1CC(=O)O. The number of aryl methyl sites for hydroxylation is 1. The van der Waals surface area contributed by atoms with Gasteiger partial charge in [0, 0.05) is 4.88 Å². The van der Waals surface area contributed by atoms with Crippen molar-refractivity contribution in [2.24, 2.45) is 5.73 Å². The molecule has 0 aliphatic carbocycles. The Labute approximate surface area is 94.7 Å². The fourth-order valence-corrected chi connectivity index (χ4v) is 2.86. The van der Waals surface area contributed by atoms with Crippen molar-refractivity contribution in [1.82, 2.24) is 4.98 Å². The molecular formula is C8H10N2O3S2. The van der Waals surface area contributed by atoms with Crippen molar-refractivity contribution in [2.45, 2.75) is 17.7 Å². The van der Waals surface area contributed by atoms with E-state index in [1.165, 1.54) is 23.1 Å². The van der Waals surface area contributed by atoms with Crippen LogP contribution in [0.3, 0.4) is 0 Å². The van der Waals surface area contributed by atoms with Crippen molar-refractivity contribution in [1.29, 1.82) is 0 Å². The van der Waals surface area contributed by atoms with Crippen LogP contribution in [0, 0.1) is 6.92 Å². The van der Waals surface area contributed by atoms with E-state index in [2.05, 4.69) is 4.98 Å². The first kappa shape index (κ1) is 12.0. The van der Waals surface area contributed by atoms with Crippen molar-refractivity contribution in [3.05, 3.63) is 10.6 Å². The first-order valence-electron chi connectivity index (χ1n) is 4.08. The van der Waals surface area contributed by atoms with E-state index in [0.717, 1.165) is 4.88 Å². The second-order valence-electron chi connectivity index (χ2n) is 2.81. The van der Waals surface area contributed by atoms with E-state index in [-0.39, 0.29) is 12.2 Å². The van der Waals surface area contributed by atoms with Crippen LogP contribution in [0.5, 0.6) is 0 Å². The van der Waals surface area contributed by atoms with Crippen LogP contribution in [0.4, 0.5) is 0 Å². The normalized spacial score (nSPS) is 10.2. The minimum atomic E-state index is -0.881. The van der Waals surface area contributed by atoms with Gasteiger partial charge in [-0.1, -0.05) is 11.8 Å². The summed E-state index contributed by atoms with van der Waals surface area (Å²) >= 11 is 2.52. The van der Waals surface area contributed by atoms with Gasteiger partial charge < -0.3 is 10.8 Å². The van der Waals surface area contributed by atoms with Crippen LogP contribution >= 0.6 is 23.1 Å². The summed E-state index contributed by atoms with van der Waals surface area (Å²) in [4.78, 5) is 25.9. The van der Waals surface area contributed by atoms with Crippen molar-refractivity contribution >= 4 is 35.0 Å². The highest BCUT2D eigenvalue weighted by molar-refractivity contribution is 8.01. The molecule has 7 heteroatoms. The van der Waals surface area contributed by atoms with E-state index in [0.29, 0.717) is 10.0 Å². The first-order chi connectivity index (χ1) is 6.99. The lowest BCUT2D eigenvalue weighted by Gasteiger charge is -1.90. The third kappa shape index (κ3) is 3.88. The Bertz CT molecular complexity index is 389. The van der Waals surface area contributed by atoms with E-state index in [4.69, 9.17) is 10.8 Å². The molecule has 0 radical (unpaired) electrons. The number of hydrogen-bond acceptors (Lipinski definition) is 5. The maximum Gasteiger partial charge on any atom is 0.308 e. The molecule has 15 heavy (non-hydrogen) atoms. The molecule has 0 aromatic carbocycles. The number of carbonyl (C=O) groups excluding carboxylic acids is 1. The Morgan fingerprint density at radius 1 is 1.60 bits per heavy atom. The maximum absolute atomic E-state index is 10.5. The Hall–Kier alpha value is -1.08. The summed E-state index contributed by atoms with van der Waals surface area (Å²) in [6.07, 6.45) is -0.0272. The minimum absolute atomic E-state index is 0.0272. The van der Waals surface area contributed by atoms with Gasteiger partial charge in [-0.2, -0.15) is 0 Å². The number of nitrogens with zero attached hydrogens (tertiary/aromatic N) is 1. The van der Waals surface area contributed by atoms with E-state index in [1.807, 2.05) is 0 Å². The Morgan fingerprint density at radius 2 is 2.27 bits per heavy atom. The van der Waals surface area contributed by atoms with Crippen LogP contribution < -0.4 is 5.73 Å². The topological polar surface area (TPSA) is 93.3 Å². The minimum Gasteiger partial charge on any atom is -0.481 e. The molecule has 1 aromatic heterocycles. The van der Waals surface area contributed by atoms with Gasteiger partial charge in [-0.15, -0.1) is 11.3 Å². The summed E-state index contributed by atoms with van der Waals surface area (Å²) in [5, 5.41) is 8.62. The number of aliphatic carboxylic acids is 1. The van der Waals surface area contributed by atoms with Crippen LogP contribution in [0.1, 0.15) is 10.6 Å². The highest BCUT2D eigenvalue weighted by Gasteiger charge is 2.11. The number of carboxylic acid groups (broad SMARTS) is 1. The van der Waals surface area contributed by atoms with Gasteiger partial charge in [0.2, 0.25) is 5.91 Å². The lowest BCUT2D eigenvalue weighted by molar-refractivity contribution is -0.136. The van der Waals surface area contributed by atoms with Gasteiger partial charge in [0.15, 0.2) is 4.34 Å². The number of rotatable bonds is 5. The van der Waals surface area contributed by atoms with E-state index >= 15 is 0 Å². The molecule has 0 atom stereocenters. The quantitative estimate of drug-likeness (QED) is 0.744. The zero-order valence-corrected chi connectivity index (χ0v) is 9.65. The van der Waals surface area contributed by atoms with Gasteiger partial charge in [-0.05, 0) is 6.92 Å². The molecule has 0 bridgehead atoms. The molecule has 1 aromatic rings. The Balaban J connectivity index is 2.68. The van der Waals surface area contributed by atoms with Crippen LogP contribution in [0.2, 0.25) is 0 Å². The number of primary amides is 1. The van der Waals surface area contributed by atoms with Gasteiger partial charge in [0.1, 0.15) is 0 Å². The highest BCUT2D eigenvalue weighted by atomic mass is 32.2. The number of nitrogens with two attached hydrogens (primary N) is 1. The number of thioether (sulfide) groups is 1. The Kier molecular flexibility index (Phi) is 4.10. The smallest absolute Gasteiger partial charge is 0.308 e. The van der Waals surface area contributed by atoms with E-state index in [9.17, 15) is 9.59 Å². The molecule has 0 aliphatic rings. The van der Waals surface area contributed by atoms with Gasteiger partial charge >= 0.3 is 5.97 Å². The number of aromatic nitrogens is 1. The summed E-state index contributed by atoms with van der Waals surface area (Å²) in [6, 6.07) is 0. The summed E-state index contributed by atoms with van der Waals surface area (Å²) in [5.74, 6) is -1.12. The average Bonchev–Trinajstić information content (AvgIpc) is 2.43. The Morgan fingerprint density at radius 3 is 2.80 bits per heavy atom. The number of amides is 1. The van der Waals surface area contributed by atoms with E-state index in [1.54, 1.807) is 6.92 Å². The van der Waals surface area contributed by atoms with Crippen LogP contribution in [0.15, 0.2) is 4.34 Å². The molecule has 1 amide bonds. The monoisotopic (exact) mass is 246 g/mol. The fourth-order valence-electron chi connectivity index (χ4n) is 0.897. The molecule has 0 aliphatic heterocycles. The molecule has 82 valence electrons. The molecular weight excluding hydrogens is 236 g/mol. The zero-order valence-electron chi connectivity index (χ0n) is 8.02. The summed E-state index contributed by atoms with van der Waals surface area (Å²) in [6.45, 7) is 1.75. The van der Waals surface area contributed by atoms with Crippen LogP contribution in [-0.4, -0.2) is 27.7 Å². The summed E-state index contributed by atoms with van der Waals surface area (Å²) in [7, 11) is 0. The number of hydrogen-bond donors (Lipinski definition) is 2. The summed E-state index contributed by atoms with van der Waals surface area (Å²) in [5.41, 5.74) is 5.69. The van der Waals surface area contributed by atoms with Crippen LogP contribution in [0.25, 0.3) is 0 Å². The van der Waals surface area contributed by atoms with Gasteiger partial charge in [0.25, 0.3) is 0 Å². The van der Waals surface area contributed by atoms with Crippen molar-refractivity contribution in [3.63, 3.8) is 0 Å². The molecule has 1 rings (SSSR count). The van der Waals surface area contributed by atoms with Gasteiger partial charge in [0.05, 0.1) is 17.9 Å². The van der Waals surface area contributed by atoms with Crippen LogP contribution in [-0.2, 0) is 16.0 Å². The number of thiazole rings is 1. The third-order valence-corrected chi connectivity index (χ3v) is 3.85. The second kappa shape index (κ2) is 5.13. The molecule has 3 N–H and O–H groups in total. The first-order valence-corrected chi connectivity index (χ1v) is 5.88. The molecule has 0 unspecified atom stereocenters. The van der Waals surface area contributed by atoms with Gasteiger partial charge in [-0.25, -0.2) is 4.98 Å². The maximum atomic E-state index is 10.5. The second-order valence-corrected chi connectivity index (χ2v) is 5.12. The fraction of sp³-hybridized carbons (Fsp3) is 0.375. The molecule has 0 saturated heterocycles. The number of carboxylic acids is 1. The average molecular weight is 246 g/mol.